The summed E-state index contributed by atoms with van der Waals surface area (Å²) in [4.78, 5) is 0.443. The molecular formula is C25H29ClO5P2S. The Labute approximate surface area is 211 Å². The van der Waals surface area contributed by atoms with Gasteiger partial charge in [0.15, 0.2) is 7.34 Å². The summed E-state index contributed by atoms with van der Waals surface area (Å²) in [7, 11) is -6.84. The van der Waals surface area contributed by atoms with Crippen LogP contribution >= 0.6 is 38.1 Å². The molecule has 1 unspecified atom stereocenters. The van der Waals surface area contributed by atoms with Crippen LogP contribution in [0.5, 0.6) is 5.75 Å². The van der Waals surface area contributed by atoms with E-state index in [1.807, 2.05) is 62.4 Å². The molecule has 5 nitrogen and oxygen atoms in total. The molecule has 34 heavy (non-hydrogen) atoms. The summed E-state index contributed by atoms with van der Waals surface area (Å²) < 4.78 is 34.3. The van der Waals surface area contributed by atoms with Gasteiger partial charge in [0.05, 0.1) is 24.7 Å². The lowest BCUT2D eigenvalue weighted by molar-refractivity contribution is 0.273. The minimum atomic E-state index is -3.70. The van der Waals surface area contributed by atoms with Gasteiger partial charge in [0.2, 0.25) is 0 Å². The van der Waals surface area contributed by atoms with Crippen molar-refractivity contribution >= 4 is 53.0 Å². The van der Waals surface area contributed by atoms with Gasteiger partial charge in [-0.05, 0) is 51.1 Å². The van der Waals surface area contributed by atoms with Gasteiger partial charge >= 0.3 is 0 Å². The van der Waals surface area contributed by atoms with E-state index in [2.05, 4.69) is 0 Å². The molecule has 0 amide bonds. The Balaban J connectivity index is 2.48. The van der Waals surface area contributed by atoms with E-state index in [9.17, 15) is 9.67 Å². The first-order valence-electron chi connectivity index (χ1n) is 11.0. The molecule has 0 saturated carbocycles. The van der Waals surface area contributed by atoms with E-state index in [4.69, 9.17) is 25.2 Å². The highest BCUT2D eigenvalue weighted by Crippen LogP contribution is 2.66. The molecule has 0 aliphatic carbocycles. The Morgan fingerprint density at radius 2 is 1.35 bits per heavy atom. The van der Waals surface area contributed by atoms with Crippen LogP contribution in [0.2, 0.25) is 5.02 Å². The highest BCUT2D eigenvalue weighted by molar-refractivity contribution is 8.35. The number of halogens is 1. The molecule has 0 aliphatic heterocycles. The van der Waals surface area contributed by atoms with Gasteiger partial charge in [0.1, 0.15) is 10.1 Å². The molecule has 0 radical (unpaired) electrons. The van der Waals surface area contributed by atoms with Crippen LogP contribution in [-0.4, -0.2) is 29.3 Å². The van der Waals surface area contributed by atoms with E-state index in [0.29, 0.717) is 32.8 Å². The Morgan fingerprint density at radius 3 is 1.88 bits per heavy atom. The minimum absolute atomic E-state index is 0.0159. The second-order valence-electron chi connectivity index (χ2n) is 7.02. The Bertz CT molecular complexity index is 1180. The van der Waals surface area contributed by atoms with Crippen LogP contribution in [0.4, 0.5) is 0 Å². The average molecular weight is 539 g/mol. The van der Waals surface area contributed by atoms with Crippen molar-refractivity contribution in [3.8, 4) is 5.75 Å². The normalized spacial score (nSPS) is 13.4. The van der Waals surface area contributed by atoms with Gasteiger partial charge in [-0.25, -0.2) is 0 Å². The molecule has 1 N–H and O–H groups in total. The van der Waals surface area contributed by atoms with E-state index in [-0.39, 0.29) is 12.4 Å². The van der Waals surface area contributed by atoms with Crippen molar-refractivity contribution in [3.63, 3.8) is 0 Å². The zero-order valence-electron chi connectivity index (χ0n) is 19.4. The Hall–Kier alpha value is -1.49. The molecule has 3 aromatic rings. The smallest absolute Gasteiger partial charge is 0.272 e. The summed E-state index contributed by atoms with van der Waals surface area (Å²) in [5.74, 6) is 0.0159. The number of benzene rings is 3. The fraction of sp³-hybridized carbons (Fsp3) is 0.240. The lowest BCUT2D eigenvalue weighted by atomic mass is 10.3. The maximum atomic E-state index is 15.0. The number of hydrogen-bond donors (Lipinski definition) is 1. The van der Waals surface area contributed by atoms with Crippen LogP contribution < -0.4 is 10.6 Å². The number of thioether (sulfide) groups is 1. The monoisotopic (exact) mass is 538 g/mol. The molecule has 9 heteroatoms. The van der Waals surface area contributed by atoms with Crippen molar-refractivity contribution in [1.82, 2.24) is 0 Å². The van der Waals surface area contributed by atoms with Gasteiger partial charge in [-0.3, -0.25) is 4.57 Å². The molecular weight excluding hydrogens is 510 g/mol. The van der Waals surface area contributed by atoms with Crippen molar-refractivity contribution in [2.24, 2.45) is 0 Å². The molecule has 0 bridgehead atoms. The molecule has 182 valence electrons. The van der Waals surface area contributed by atoms with E-state index < -0.39 is 14.7 Å². The topological polar surface area (TPSA) is 65.0 Å². The highest BCUT2D eigenvalue weighted by atomic mass is 35.5. The summed E-state index contributed by atoms with van der Waals surface area (Å²) in [5.41, 5.74) is 0. The first-order valence-corrected chi connectivity index (χ1v) is 15.4. The number of rotatable bonds is 11. The predicted molar refractivity (Wildman–Crippen MR) is 146 cm³/mol. The van der Waals surface area contributed by atoms with Crippen LogP contribution in [0, 0.1) is 0 Å². The van der Waals surface area contributed by atoms with Crippen molar-refractivity contribution in [2.75, 3.05) is 19.8 Å². The largest absolute Gasteiger partial charge is 0.507 e. The van der Waals surface area contributed by atoms with Gasteiger partial charge in [0, 0.05) is 15.6 Å². The zero-order chi connectivity index (χ0) is 24.6. The maximum Gasteiger partial charge on any atom is 0.272 e. The van der Waals surface area contributed by atoms with E-state index in [0.717, 1.165) is 17.1 Å². The van der Waals surface area contributed by atoms with E-state index in [1.54, 1.807) is 31.2 Å². The highest BCUT2D eigenvalue weighted by Gasteiger charge is 2.42. The van der Waals surface area contributed by atoms with Crippen molar-refractivity contribution in [2.45, 2.75) is 25.7 Å². The number of phenolic OH excluding ortho intramolecular Hbond substituents is 1. The van der Waals surface area contributed by atoms with Gasteiger partial charge in [0.25, 0.3) is 7.37 Å². The third-order valence-corrected chi connectivity index (χ3v) is 14.1. The fourth-order valence-electron chi connectivity index (χ4n) is 3.40. The first kappa shape index (κ1) is 27.1. The molecule has 3 rings (SSSR count). The molecule has 1 atom stereocenters. The van der Waals surface area contributed by atoms with Crippen molar-refractivity contribution < 1.29 is 23.2 Å². The summed E-state index contributed by atoms with van der Waals surface area (Å²) in [5, 5.41) is 12.4. The number of phenols is 1. The maximum absolute atomic E-state index is 15.0. The number of aromatic hydroxyl groups is 1. The summed E-state index contributed by atoms with van der Waals surface area (Å²) in [6, 6.07) is 23.4. The van der Waals surface area contributed by atoms with E-state index >= 15 is 0 Å². The van der Waals surface area contributed by atoms with Crippen LogP contribution in [0.15, 0.2) is 83.8 Å². The minimum Gasteiger partial charge on any atom is -0.507 e. The lowest BCUT2D eigenvalue weighted by Gasteiger charge is -2.33. The van der Waals surface area contributed by atoms with E-state index in [1.165, 1.54) is 6.07 Å². The standard InChI is InChI=1S/C25H29ClO5P2S/c1-4-29-32(28,21-13-9-7-10-14-21)25(34-24-19-20(26)17-18-23(24)27)33(30-5-2,31-6-3)22-15-11-8-12-16-22/h7-19,27H,4-6H2,1-3H3. The van der Waals surface area contributed by atoms with Crippen LogP contribution in [-0.2, 0) is 18.1 Å². The third kappa shape index (κ3) is 5.83. The van der Waals surface area contributed by atoms with Crippen LogP contribution in [0.25, 0.3) is 0 Å². The zero-order valence-corrected chi connectivity index (χ0v) is 22.7. The SMILES string of the molecule is CCOP(=O)(C(Sc1cc(Cl)ccc1O)=P(OCC)(OCC)c1ccccc1)c1ccccc1. The Morgan fingerprint density at radius 1 is 0.824 bits per heavy atom. The van der Waals surface area contributed by atoms with Crippen molar-refractivity contribution in [1.29, 1.82) is 0 Å². The molecule has 0 saturated heterocycles. The molecule has 0 aliphatic rings. The second-order valence-corrected chi connectivity index (χ2v) is 14.4. The Kier molecular flexibility index (Phi) is 9.94. The molecule has 0 fully saturated rings. The average Bonchev–Trinajstić information content (AvgIpc) is 2.85. The molecule has 0 aromatic heterocycles. The molecule has 0 heterocycles. The summed E-state index contributed by atoms with van der Waals surface area (Å²) in [6.07, 6.45) is 0. The quantitative estimate of drug-likeness (QED) is 0.207. The third-order valence-electron chi connectivity index (χ3n) is 4.75. The van der Waals surface area contributed by atoms with Gasteiger partial charge < -0.3 is 18.7 Å². The van der Waals surface area contributed by atoms with Crippen molar-refractivity contribution in [3.05, 3.63) is 83.9 Å². The van der Waals surface area contributed by atoms with Gasteiger partial charge in [-0.1, -0.05) is 71.9 Å². The molecule has 3 aromatic carbocycles. The second kappa shape index (κ2) is 12.5. The van der Waals surface area contributed by atoms with Crippen LogP contribution in [0.1, 0.15) is 20.8 Å². The first-order chi connectivity index (χ1) is 16.4. The fourth-order valence-corrected chi connectivity index (χ4v) is 13.0. The van der Waals surface area contributed by atoms with Gasteiger partial charge in [-0.2, -0.15) is 0 Å². The summed E-state index contributed by atoms with van der Waals surface area (Å²) >= 11 is 7.41. The van der Waals surface area contributed by atoms with Crippen LogP contribution in [0.3, 0.4) is 0 Å². The van der Waals surface area contributed by atoms with Gasteiger partial charge in [-0.15, -0.1) is 0 Å². The summed E-state index contributed by atoms with van der Waals surface area (Å²) in [6.45, 7) is 6.43. The predicted octanol–water partition coefficient (Wildman–Crippen LogP) is 7.11. The lowest BCUT2D eigenvalue weighted by Crippen LogP contribution is -2.21. The molecule has 0 spiro atoms. The number of hydrogen-bond acceptors (Lipinski definition) is 6.